The molecule has 1 unspecified atom stereocenters. The maximum atomic E-state index is 11.8. The summed E-state index contributed by atoms with van der Waals surface area (Å²) >= 11 is 0. The first-order valence-electron chi connectivity index (χ1n) is 7.87. The molecule has 0 fully saturated rings. The highest BCUT2D eigenvalue weighted by Crippen LogP contribution is 2.10. The van der Waals surface area contributed by atoms with E-state index in [1.54, 1.807) is 6.92 Å². The fourth-order valence-electron chi connectivity index (χ4n) is 1.76. The maximum absolute atomic E-state index is 11.8. The monoisotopic (exact) mass is 308 g/mol. The van der Waals surface area contributed by atoms with E-state index in [9.17, 15) is 9.59 Å². The molecule has 0 aliphatic heterocycles. The number of esters is 2. The first-order chi connectivity index (χ1) is 10.3. The Hall–Kier alpha value is -1.76. The van der Waals surface area contributed by atoms with Crippen LogP contribution in [0.4, 0.5) is 0 Å². The third-order valence-corrected chi connectivity index (χ3v) is 2.72. The highest BCUT2D eigenvalue weighted by atomic mass is 16.5. The third kappa shape index (κ3) is 12.0. The second-order valence-electron chi connectivity index (χ2n) is 5.67. The fourth-order valence-corrected chi connectivity index (χ4v) is 1.76. The smallest absolute Gasteiger partial charge is 0.307 e. The van der Waals surface area contributed by atoms with E-state index in [0.29, 0.717) is 44.6 Å². The average molecular weight is 308 g/mol. The van der Waals surface area contributed by atoms with Gasteiger partial charge in [0, 0.05) is 12.8 Å². The molecule has 0 rings (SSSR count). The van der Waals surface area contributed by atoms with Crippen molar-refractivity contribution in [2.75, 3.05) is 6.61 Å². The van der Waals surface area contributed by atoms with Gasteiger partial charge in [0.15, 0.2) is 6.10 Å². The van der Waals surface area contributed by atoms with Crippen molar-refractivity contribution >= 4 is 11.9 Å². The molecule has 22 heavy (non-hydrogen) atoms. The van der Waals surface area contributed by atoms with Crippen LogP contribution in [0.15, 0.2) is 12.2 Å². The fraction of sp³-hybridized carbons (Fsp3) is 0.667. The van der Waals surface area contributed by atoms with E-state index in [0.717, 1.165) is 5.57 Å². The van der Waals surface area contributed by atoms with Gasteiger partial charge in [-0.15, -0.1) is 0 Å². The molecule has 0 saturated carbocycles. The minimum absolute atomic E-state index is 0.221. The minimum atomic E-state index is -0.394. The quantitative estimate of drug-likeness (QED) is 0.371. The Kier molecular flexibility index (Phi) is 10.9. The molecule has 0 aliphatic rings. The van der Waals surface area contributed by atoms with Crippen LogP contribution in [0.2, 0.25) is 0 Å². The summed E-state index contributed by atoms with van der Waals surface area (Å²) in [5.74, 6) is 5.71. The summed E-state index contributed by atoms with van der Waals surface area (Å²) in [7, 11) is 0. The van der Waals surface area contributed by atoms with Crippen molar-refractivity contribution in [1.82, 2.24) is 0 Å². The van der Waals surface area contributed by atoms with Gasteiger partial charge in [-0.05, 0) is 44.6 Å². The van der Waals surface area contributed by atoms with E-state index in [2.05, 4.69) is 32.3 Å². The number of rotatable bonds is 9. The molecular weight excluding hydrogens is 280 g/mol. The topological polar surface area (TPSA) is 52.6 Å². The second-order valence-corrected chi connectivity index (χ2v) is 5.67. The molecule has 0 bridgehead atoms. The molecule has 1 atom stereocenters. The molecule has 0 radical (unpaired) electrons. The summed E-state index contributed by atoms with van der Waals surface area (Å²) in [6, 6.07) is 0. The van der Waals surface area contributed by atoms with Gasteiger partial charge in [0.2, 0.25) is 0 Å². The molecule has 0 spiro atoms. The zero-order valence-electron chi connectivity index (χ0n) is 14.2. The second kappa shape index (κ2) is 11.9. The van der Waals surface area contributed by atoms with Crippen LogP contribution in [0.5, 0.6) is 0 Å². The predicted molar refractivity (Wildman–Crippen MR) is 87.0 cm³/mol. The lowest BCUT2D eigenvalue weighted by Crippen LogP contribution is -2.18. The van der Waals surface area contributed by atoms with Crippen molar-refractivity contribution in [3.05, 3.63) is 12.2 Å². The van der Waals surface area contributed by atoms with Gasteiger partial charge < -0.3 is 9.47 Å². The molecule has 0 aliphatic carbocycles. The Morgan fingerprint density at radius 3 is 2.23 bits per heavy atom. The van der Waals surface area contributed by atoms with Gasteiger partial charge >= 0.3 is 11.9 Å². The zero-order valence-corrected chi connectivity index (χ0v) is 14.2. The van der Waals surface area contributed by atoms with E-state index in [1.165, 1.54) is 0 Å². The molecule has 0 aromatic rings. The lowest BCUT2D eigenvalue weighted by atomic mass is 10.1. The molecule has 124 valence electrons. The number of allylic oxidation sites excluding steroid dienone is 1. The Bertz CT molecular complexity index is 426. The van der Waals surface area contributed by atoms with Crippen LogP contribution >= 0.6 is 0 Å². The highest BCUT2D eigenvalue weighted by Gasteiger charge is 2.14. The number of hydrogen-bond donors (Lipinski definition) is 0. The normalized spacial score (nSPS) is 11.3. The molecule has 0 amide bonds. The molecule has 0 aromatic heterocycles. The van der Waals surface area contributed by atoms with Crippen LogP contribution in [0.1, 0.15) is 59.8 Å². The zero-order chi connectivity index (χ0) is 17.0. The summed E-state index contributed by atoms with van der Waals surface area (Å²) in [5.41, 5.74) is 0.749. The van der Waals surface area contributed by atoms with Crippen molar-refractivity contribution in [2.24, 2.45) is 5.92 Å². The summed E-state index contributed by atoms with van der Waals surface area (Å²) in [6.07, 6.45) is 2.18. The third-order valence-electron chi connectivity index (χ3n) is 2.72. The molecule has 4 nitrogen and oxygen atoms in total. The summed E-state index contributed by atoms with van der Waals surface area (Å²) in [6.45, 7) is 11.8. The Balaban J connectivity index is 4.15. The van der Waals surface area contributed by atoms with Gasteiger partial charge in [-0.3, -0.25) is 9.59 Å². The molecule has 0 N–H and O–H groups in total. The van der Waals surface area contributed by atoms with E-state index in [-0.39, 0.29) is 11.9 Å². The molecule has 0 aromatic carbocycles. The van der Waals surface area contributed by atoms with Gasteiger partial charge in [-0.1, -0.05) is 32.3 Å². The number of hydrogen-bond acceptors (Lipinski definition) is 4. The average Bonchev–Trinajstić information content (AvgIpc) is 2.40. The number of ether oxygens (including phenoxy) is 2. The predicted octanol–water partition coefficient (Wildman–Crippen LogP) is 3.65. The summed E-state index contributed by atoms with van der Waals surface area (Å²) in [4.78, 5) is 23.0. The lowest BCUT2D eigenvalue weighted by Gasteiger charge is -2.14. The van der Waals surface area contributed by atoms with E-state index < -0.39 is 6.10 Å². The Morgan fingerprint density at radius 2 is 1.73 bits per heavy atom. The first-order valence-corrected chi connectivity index (χ1v) is 7.87. The van der Waals surface area contributed by atoms with Crippen LogP contribution in [-0.4, -0.2) is 24.6 Å². The van der Waals surface area contributed by atoms with Gasteiger partial charge in [0.05, 0.1) is 6.61 Å². The van der Waals surface area contributed by atoms with Gasteiger partial charge in [0.1, 0.15) is 0 Å². The van der Waals surface area contributed by atoms with Crippen LogP contribution < -0.4 is 0 Å². The maximum Gasteiger partial charge on any atom is 0.307 e. The van der Waals surface area contributed by atoms with Crippen molar-refractivity contribution in [1.29, 1.82) is 0 Å². The Labute approximate surface area is 134 Å². The summed E-state index contributed by atoms with van der Waals surface area (Å²) < 4.78 is 10.2. The molecule has 0 heterocycles. The molecule has 0 saturated heterocycles. The number of carbonyl (C=O) groups excluding carboxylic acids is 2. The van der Waals surface area contributed by atoms with E-state index in [1.807, 2.05) is 6.92 Å². The SMILES string of the molecule is C=C(C)C#CC(CC(C)C)OC(=O)CCCCC(=O)OCC. The minimum Gasteiger partial charge on any atom is -0.466 e. The van der Waals surface area contributed by atoms with Crippen molar-refractivity contribution in [2.45, 2.75) is 65.9 Å². The molecule has 4 heteroatoms. The molecular formula is C18H28O4. The van der Waals surface area contributed by atoms with Gasteiger partial charge in [0.25, 0.3) is 0 Å². The largest absolute Gasteiger partial charge is 0.466 e. The van der Waals surface area contributed by atoms with Gasteiger partial charge in [-0.2, -0.15) is 0 Å². The lowest BCUT2D eigenvalue weighted by molar-refractivity contribution is -0.148. The first kappa shape index (κ1) is 20.2. The highest BCUT2D eigenvalue weighted by molar-refractivity contribution is 5.70. The Morgan fingerprint density at radius 1 is 1.14 bits per heavy atom. The van der Waals surface area contributed by atoms with E-state index in [4.69, 9.17) is 9.47 Å². The van der Waals surface area contributed by atoms with Crippen molar-refractivity contribution in [3.8, 4) is 11.8 Å². The number of unbranched alkanes of at least 4 members (excludes halogenated alkanes) is 1. The van der Waals surface area contributed by atoms with Crippen LogP contribution in [0, 0.1) is 17.8 Å². The van der Waals surface area contributed by atoms with Crippen molar-refractivity contribution < 1.29 is 19.1 Å². The van der Waals surface area contributed by atoms with Gasteiger partial charge in [-0.25, -0.2) is 0 Å². The summed E-state index contributed by atoms with van der Waals surface area (Å²) in [5, 5.41) is 0. The number of carbonyl (C=O) groups is 2. The van der Waals surface area contributed by atoms with Crippen molar-refractivity contribution in [3.63, 3.8) is 0 Å². The van der Waals surface area contributed by atoms with E-state index >= 15 is 0 Å². The van der Waals surface area contributed by atoms with Crippen LogP contribution in [0.25, 0.3) is 0 Å². The van der Waals surface area contributed by atoms with Crippen LogP contribution in [-0.2, 0) is 19.1 Å². The standard InChI is InChI=1S/C18H28O4/c1-6-21-17(19)9-7-8-10-18(20)22-16(13-15(4)5)12-11-14(2)3/h15-16H,2,6-10,13H2,1,3-5H3. The van der Waals surface area contributed by atoms with Crippen LogP contribution in [0.3, 0.4) is 0 Å².